The van der Waals surface area contributed by atoms with Crippen molar-refractivity contribution in [3.63, 3.8) is 0 Å². The second kappa shape index (κ2) is 6.81. The molecular weight excluding hydrogens is 124 g/mol. The van der Waals surface area contributed by atoms with Gasteiger partial charge >= 0.3 is 0 Å². The molecule has 0 aliphatic rings. The van der Waals surface area contributed by atoms with Gasteiger partial charge in [-0.2, -0.15) is 0 Å². The van der Waals surface area contributed by atoms with Gasteiger partial charge in [-0.3, -0.25) is 0 Å². The Bertz CT molecular complexity index is 86.7. The molecule has 1 nitrogen and oxygen atoms in total. The summed E-state index contributed by atoms with van der Waals surface area (Å²) < 4.78 is 5.27. The fourth-order valence-corrected chi connectivity index (χ4v) is 0.627. The molecule has 0 aromatic carbocycles. The van der Waals surface area contributed by atoms with Crippen molar-refractivity contribution < 1.29 is 4.74 Å². The minimum Gasteiger partial charge on any atom is -0.377 e. The third-order valence-electron chi connectivity index (χ3n) is 1.14. The molecule has 0 atom stereocenters. The average molecular weight is 141 g/mol. The summed E-state index contributed by atoms with van der Waals surface area (Å²) >= 11 is 0. The maximum Gasteiger partial charge on any atom is 0.0671 e. The average Bonchev–Trinajstić information content (AvgIpc) is 1.87. The molecule has 10 heavy (non-hydrogen) atoms. The van der Waals surface area contributed by atoms with E-state index in [1.807, 2.05) is 6.92 Å². The van der Waals surface area contributed by atoms with Crippen molar-refractivity contribution in [2.75, 3.05) is 13.2 Å². The SMILES string of the molecule is [CH2]CCCCOCC(=C)C. The summed E-state index contributed by atoms with van der Waals surface area (Å²) in [4.78, 5) is 0. The minimum absolute atomic E-state index is 0.705. The summed E-state index contributed by atoms with van der Waals surface area (Å²) in [7, 11) is 0. The molecule has 0 heterocycles. The van der Waals surface area contributed by atoms with Crippen LogP contribution in [0.5, 0.6) is 0 Å². The van der Waals surface area contributed by atoms with E-state index in [-0.39, 0.29) is 0 Å². The van der Waals surface area contributed by atoms with Crippen molar-refractivity contribution in [3.05, 3.63) is 19.1 Å². The van der Waals surface area contributed by atoms with E-state index in [2.05, 4.69) is 13.5 Å². The third kappa shape index (κ3) is 7.70. The van der Waals surface area contributed by atoms with Gasteiger partial charge in [-0.05, 0) is 13.3 Å². The lowest BCUT2D eigenvalue weighted by atomic mass is 10.3. The predicted octanol–water partition coefficient (Wildman–Crippen LogP) is 2.58. The van der Waals surface area contributed by atoms with Crippen molar-refractivity contribution in [1.29, 1.82) is 0 Å². The van der Waals surface area contributed by atoms with Crippen molar-refractivity contribution in [3.8, 4) is 0 Å². The van der Waals surface area contributed by atoms with Gasteiger partial charge in [0.1, 0.15) is 0 Å². The van der Waals surface area contributed by atoms with E-state index >= 15 is 0 Å². The van der Waals surface area contributed by atoms with Gasteiger partial charge in [-0.25, -0.2) is 0 Å². The minimum atomic E-state index is 0.705. The van der Waals surface area contributed by atoms with Crippen LogP contribution in [0.1, 0.15) is 26.2 Å². The molecule has 0 bridgehead atoms. The highest BCUT2D eigenvalue weighted by Crippen LogP contribution is 1.95. The number of hydrogen-bond donors (Lipinski definition) is 0. The Labute approximate surface area is 64.1 Å². The van der Waals surface area contributed by atoms with Crippen LogP contribution >= 0.6 is 0 Å². The molecule has 0 aromatic heterocycles. The highest BCUT2D eigenvalue weighted by atomic mass is 16.5. The van der Waals surface area contributed by atoms with E-state index in [1.54, 1.807) is 0 Å². The van der Waals surface area contributed by atoms with Gasteiger partial charge in [0.15, 0.2) is 0 Å². The second-order valence-corrected chi connectivity index (χ2v) is 2.57. The number of hydrogen-bond acceptors (Lipinski definition) is 1. The molecule has 1 radical (unpaired) electrons. The second-order valence-electron chi connectivity index (χ2n) is 2.57. The first-order valence-electron chi connectivity index (χ1n) is 3.78. The summed E-state index contributed by atoms with van der Waals surface area (Å²) in [5.41, 5.74) is 1.09. The van der Waals surface area contributed by atoms with Crippen molar-refractivity contribution in [2.24, 2.45) is 0 Å². The molecule has 0 amide bonds. The van der Waals surface area contributed by atoms with Crippen molar-refractivity contribution in [2.45, 2.75) is 26.2 Å². The Morgan fingerprint density at radius 1 is 1.40 bits per heavy atom. The van der Waals surface area contributed by atoms with E-state index in [4.69, 9.17) is 4.74 Å². The molecule has 0 aliphatic carbocycles. The van der Waals surface area contributed by atoms with Crippen LogP contribution in [-0.4, -0.2) is 13.2 Å². The van der Waals surface area contributed by atoms with Gasteiger partial charge in [0.05, 0.1) is 6.61 Å². The highest BCUT2D eigenvalue weighted by molar-refractivity contribution is 4.87. The summed E-state index contributed by atoms with van der Waals surface area (Å²) in [6, 6.07) is 0. The van der Waals surface area contributed by atoms with Crippen LogP contribution in [-0.2, 0) is 4.74 Å². The molecule has 0 aromatic rings. The zero-order valence-electron chi connectivity index (χ0n) is 6.86. The fraction of sp³-hybridized carbons (Fsp3) is 0.667. The van der Waals surface area contributed by atoms with Gasteiger partial charge < -0.3 is 4.74 Å². The van der Waals surface area contributed by atoms with Crippen LogP contribution in [0.3, 0.4) is 0 Å². The maximum atomic E-state index is 5.27. The Balaban J connectivity index is 2.84. The lowest BCUT2D eigenvalue weighted by Gasteiger charge is -2.01. The van der Waals surface area contributed by atoms with E-state index in [0.29, 0.717) is 6.61 Å². The topological polar surface area (TPSA) is 9.23 Å². The molecule has 0 unspecified atom stereocenters. The molecule has 0 spiro atoms. The van der Waals surface area contributed by atoms with Crippen LogP contribution < -0.4 is 0 Å². The van der Waals surface area contributed by atoms with Crippen LogP contribution in [0.25, 0.3) is 0 Å². The first-order chi connectivity index (χ1) is 4.77. The molecular formula is C9H17O. The molecule has 59 valence electrons. The van der Waals surface area contributed by atoms with Gasteiger partial charge in [0, 0.05) is 6.61 Å². The molecule has 0 aliphatic heterocycles. The van der Waals surface area contributed by atoms with E-state index in [0.717, 1.165) is 31.4 Å². The first-order valence-corrected chi connectivity index (χ1v) is 3.78. The molecule has 0 rings (SSSR count). The normalized spacial score (nSPS) is 9.80. The smallest absolute Gasteiger partial charge is 0.0671 e. The van der Waals surface area contributed by atoms with Crippen LogP contribution in [0.2, 0.25) is 0 Å². The monoisotopic (exact) mass is 141 g/mol. The summed E-state index contributed by atoms with van der Waals surface area (Å²) in [5, 5.41) is 0. The maximum absolute atomic E-state index is 5.27. The Hall–Kier alpha value is -0.300. The van der Waals surface area contributed by atoms with E-state index in [1.165, 1.54) is 0 Å². The highest BCUT2D eigenvalue weighted by Gasteiger charge is 1.87. The lowest BCUT2D eigenvalue weighted by molar-refractivity contribution is 0.152. The molecule has 0 saturated heterocycles. The van der Waals surface area contributed by atoms with Crippen LogP contribution in [0.4, 0.5) is 0 Å². The molecule has 0 saturated carbocycles. The van der Waals surface area contributed by atoms with Crippen molar-refractivity contribution in [1.82, 2.24) is 0 Å². The van der Waals surface area contributed by atoms with Gasteiger partial charge in [0.2, 0.25) is 0 Å². The summed E-state index contributed by atoms with van der Waals surface area (Å²) in [6.07, 6.45) is 3.30. The molecule has 1 heteroatoms. The number of unbranched alkanes of at least 4 members (excludes halogenated alkanes) is 2. The van der Waals surface area contributed by atoms with Crippen LogP contribution in [0, 0.1) is 6.92 Å². The quantitative estimate of drug-likeness (QED) is 0.408. The lowest BCUT2D eigenvalue weighted by Crippen LogP contribution is -1.96. The molecule has 0 N–H and O–H groups in total. The van der Waals surface area contributed by atoms with Gasteiger partial charge in [-0.1, -0.05) is 31.9 Å². The predicted molar refractivity (Wildman–Crippen MR) is 44.8 cm³/mol. The third-order valence-corrected chi connectivity index (χ3v) is 1.14. The fourth-order valence-electron chi connectivity index (χ4n) is 0.627. The largest absolute Gasteiger partial charge is 0.377 e. The standard InChI is InChI=1S/C9H17O/c1-4-5-6-7-10-8-9(2)3/h1-2,4-8H2,3H3. The molecule has 0 fully saturated rings. The van der Waals surface area contributed by atoms with Crippen LogP contribution in [0.15, 0.2) is 12.2 Å². The zero-order chi connectivity index (χ0) is 7.82. The van der Waals surface area contributed by atoms with Crippen molar-refractivity contribution >= 4 is 0 Å². The number of ether oxygens (including phenoxy) is 1. The zero-order valence-corrected chi connectivity index (χ0v) is 6.86. The Kier molecular flexibility index (Phi) is 6.61. The van der Waals surface area contributed by atoms with Gasteiger partial charge in [0.25, 0.3) is 0 Å². The Morgan fingerprint density at radius 3 is 2.60 bits per heavy atom. The number of rotatable bonds is 6. The van der Waals surface area contributed by atoms with E-state index in [9.17, 15) is 0 Å². The first kappa shape index (κ1) is 9.70. The van der Waals surface area contributed by atoms with E-state index < -0.39 is 0 Å². The Morgan fingerprint density at radius 2 is 2.10 bits per heavy atom. The van der Waals surface area contributed by atoms with Gasteiger partial charge in [-0.15, -0.1) is 0 Å². The summed E-state index contributed by atoms with van der Waals surface area (Å²) in [6.45, 7) is 11.0. The summed E-state index contributed by atoms with van der Waals surface area (Å²) in [5.74, 6) is 0.